The Labute approximate surface area is 118 Å². The van der Waals surface area contributed by atoms with Crippen LogP contribution in [0, 0.1) is 0 Å². The van der Waals surface area contributed by atoms with Crippen LogP contribution in [0.3, 0.4) is 0 Å². The Morgan fingerprint density at radius 2 is 1.16 bits per heavy atom. The summed E-state index contributed by atoms with van der Waals surface area (Å²) in [4.78, 5) is 11.6. The molecular formula is C16H30O3. The standard InChI is InChI=1S/C16H30O3/c1-15-16(17)19-14-12-10-8-6-4-2-3-5-7-9-11-13-18-15/h15H,2-14H2,1H3/t15-/m0/s1. The van der Waals surface area contributed by atoms with Crippen LogP contribution in [0.4, 0.5) is 0 Å². The van der Waals surface area contributed by atoms with Gasteiger partial charge in [-0.1, -0.05) is 57.8 Å². The molecule has 0 spiro atoms. The summed E-state index contributed by atoms with van der Waals surface area (Å²) >= 11 is 0. The second-order valence-electron chi connectivity index (χ2n) is 5.57. The molecule has 1 rings (SSSR count). The first-order valence-electron chi connectivity index (χ1n) is 8.09. The lowest BCUT2D eigenvalue weighted by molar-refractivity contribution is -0.156. The second-order valence-corrected chi connectivity index (χ2v) is 5.57. The summed E-state index contributed by atoms with van der Waals surface area (Å²) in [5, 5.41) is 0. The van der Waals surface area contributed by atoms with Crippen LogP contribution < -0.4 is 0 Å². The monoisotopic (exact) mass is 270 g/mol. The SMILES string of the molecule is C[C@@H]1OCCCCCCCCCCCCCOC1=O. The molecule has 0 aromatic heterocycles. The molecule has 0 saturated carbocycles. The van der Waals surface area contributed by atoms with Crippen molar-refractivity contribution in [2.45, 2.75) is 83.7 Å². The van der Waals surface area contributed by atoms with Gasteiger partial charge in [-0.25, -0.2) is 4.79 Å². The Balaban J connectivity index is 2.21. The molecule has 1 aliphatic rings. The highest BCUT2D eigenvalue weighted by molar-refractivity contribution is 5.74. The van der Waals surface area contributed by atoms with E-state index in [1.54, 1.807) is 6.92 Å². The van der Waals surface area contributed by atoms with Crippen molar-refractivity contribution in [1.82, 2.24) is 0 Å². The van der Waals surface area contributed by atoms with Crippen molar-refractivity contribution in [3.63, 3.8) is 0 Å². The number of cyclic esters (lactones) is 1. The molecule has 1 atom stereocenters. The highest BCUT2D eigenvalue weighted by Crippen LogP contribution is 2.12. The van der Waals surface area contributed by atoms with Gasteiger partial charge in [0.2, 0.25) is 0 Å². The number of carbonyl (C=O) groups is 1. The first kappa shape index (κ1) is 16.5. The van der Waals surface area contributed by atoms with Crippen molar-refractivity contribution in [1.29, 1.82) is 0 Å². The Hall–Kier alpha value is -0.570. The van der Waals surface area contributed by atoms with Gasteiger partial charge in [-0.2, -0.15) is 0 Å². The third kappa shape index (κ3) is 9.04. The number of hydrogen-bond donors (Lipinski definition) is 0. The predicted octanol–water partition coefficient (Wildman–Crippen LogP) is 4.24. The van der Waals surface area contributed by atoms with Gasteiger partial charge >= 0.3 is 5.97 Å². The fourth-order valence-corrected chi connectivity index (χ4v) is 2.41. The van der Waals surface area contributed by atoms with Gasteiger partial charge in [0.05, 0.1) is 6.61 Å². The van der Waals surface area contributed by atoms with Gasteiger partial charge in [-0.05, 0) is 19.8 Å². The molecule has 3 heteroatoms. The minimum absolute atomic E-state index is 0.204. The highest BCUT2D eigenvalue weighted by Gasteiger charge is 2.14. The zero-order chi connectivity index (χ0) is 13.8. The van der Waals surface area contributed by atoms with Crippen molar-refractivity contribution < 1.29 is 14.3 Å². The first-order chi connectivity index (χ1) is 9.30. The third-order valence-corrected chi connectivity index (χ3v) is 3.73. The molecule has 1 saturated heterocycles. The van der Waals surface area contributed by atoms with Gasteiger partial charge in [-0.15, -0.1) is 0 Å². The van der Waals surface area contributed by atoms with Crippen molar-refractivity contribution in [3.8, 4) is 0 Å². The number of carbonyl (C=O) groups excluding carboxylic acids is 1. The summed E-state index contributed by atoms with van der Waals surface area (Å²) in [7, 11) is 0. The molecular weight excluding hydrogens is 240 g/mol. The van der Waals surface area contributed by atoms with Crippen LogP contribution >= 0.6 is 0 Å². The largest absolute Gasteiger partial charge is 0.464 e. The highest BCUT2D eigenvalue weighted by atomic mass is 16.6. The van der Waals surface area contributed by atoms with Crippen LogP contribution in [0.1, 0.15) is 77.6 Å². The average Bonchev–Trinajstić information content (AvgIpc) is 2.41. The lowest BCUT2D eigenvalue weighted by Gasteiger charge is -2.12. The van der Waals surface area contributed by atoms with E-state index < -0.39 is 6.10 Å². The number of hydrogen-bond acceptors (Lipinski definition) is 3. The lowest BCUT2D eigenvalue weighted by atomic mass is 10.1. The van der Waals surface area contributed by atoms with Crippen LogP contribution in [0.15, 0.2) is 0 Å². The van der Waals surface area contributed by atoms with Gasteiger partial charge in [0.1, 0.15) is 0 Å². The Morgan fingerprint density at radius 1 is 0.737 bits per heavy atom. The molecule has 0 aromatic rings. The van der Waals surface area contributed by atoms with E-state index in [0.29, 0.717) is 13.2 Å². The lowest BCUT2D eigenvalue weighted by Crippen LogP contribution is -2.24. The summed E-state index contributed by atoms with van der Waals surface area (Å²) < 4.78 is 10.7. The quantitative estimate of drug-likeness (QED) is 0.618. The van der Waals surface area contributed by atoms with E-state index >= 15 is 0 Å². The van der Waals surface area contributed by atoms with Gasteiger partial charge in [-0.3, -0.25) is 0 Å². The number of rotatable bonds is 0. The van der Waals surface area contributed by atoms with Crippen molar-refractivity contribution in [3.05, 3.63) is 0 Å². The Kier molecular flexibility index (Phi) is 9.78. The maximum atomic E-state index is 11.6. The molecule has 0 unspecified atom stereocenters. The van der Waals surface area contributed by atoms with Crippen LogP contribution in [0.25, 0.3) is 0 Å². The molecule has 0 aliphatic carbocycles. The number of esters is 1. The van der Waals surface area contributed by atoms with E-state index in [4.69, 9.17) is 9.47 Å². The van der Waals surface area contributed by atoms with Crippen molar-refractivity contribution in [2.24, 2.45) is 0 Å². The molecule has 0 aromatic carbocycles. The molecule has 1 heterocycles. The minimum atomic E-state index is -0.407. The summed E-state index contributed by atoms with van der Waals surface area (Å²) in [5.41, 5.74) is 0. The molecule has 1 fully saturated rings. The number of ether oxygens (including phenoxy) is 2. The molecule has 0 radical (unpaired) electrons. The van der Waals surface area contributed by atoms with E-state index in [1.807, 2.05) is 0 Å². The van der Waals surface area contributed by atoms with E-state index in [-0.39, 0.29) is 5.97 Å². The van der Waals surface area contributed by atoms with Crippen LogP contribution in [-0.2, 0) is 14.3 Å². The minimum Gasteiger partial charge on any atom is -0.464 e. The topological polar surface area (TPSA) is 35.5 Å². The Morgan fingerprint density at radius 3 is 1.68 bits per heavy atom. The summed E-state index contributed by atoms with van der Waals surface area (Å²) in [6.45, 7) is 3.01. The van der Waals surface area contributed by atoms with E-state index in [2.05, 4.69) is 0 Å². The van der Waals surface area contributed by atoms with Gasteiger partial charge in [0, 0.05) is 6.61 Å². The fraction of sp³-hybridized carbons (Fsp3) is 0.938. The molecule has 0 amide bonds. The van der Waals surface area contributed by atoms with E-state index in [0.717, 1.165) is 12.8 Å². The van der Waals surface area contributed by atoms with Crippen LogP contribution in [0.5, 0.6) is 0 Å². The van der Waals surface area contributed by atoms with Crippen LogP contribution in [0.2, 0.25) is 0 Å². The van der Waals surface area contributed by atoms with Gasteiger partial charge in [0.25, 0.3) is 0 Å². The average molecular weight is 270 g/mol. The normalized spacial score (nSPS) is 26.4. The molecule has 112 valence electrons. The second kappa shape index (κ2) is 11.3. The van der Waals surface area contributed by atoms with Crippen molar-refractivity contribution in [2.75, 3.05) is 13.2 Å². The van der Waals surface area contributed by atoms with Crippen molar-refractivity contribution >= 4 is 5.97 Å². The van der Waals surface area contributed by atoms with Crippen LogP contribution in [-0.4, -0.2) is 25.3 Å². The van der Waals surface area contributed by atoms with E-state index in [1.165, 1.54) is 57.8 Å². The van der Waals surface area contributed by atoms with E-state index in [9.17, 15) is 4.79 Å². The first-order valence-corrected chi connectivity index (χ1v) is 8.09. The molecule has 3 nitrogen and oxygen atoms in total. The smallest absolute Gasteiger partial charge is 0.334 e. The summed E-state index contributed by atoms with van der Waals surface area (Å²) in [6, 6.07) is 0. The van der Waals surface area contributed by atoms with Gasteiger partial charge < -0.3 is 9.47 Å². The molecule has 0 bridgehead atoms. The maximum absolute atomic E-state index is 11.6. The predicted molar refractivity (Wildman–Crippen MR) is 77.2 cm³/mol. The molecule has 19 heavy (non-hydrogen) atoms. The molecule has 0 N–H and O–H groups in total. The van der Waals surface area contributed by atoms with Gasteiger partial charge in [0.15, 0.2) is 6.10 Å². The summed E-state index contributed by atoms with van der Waals surface area (Å²) in [5.74, 6) is -0.204. The maximum Gasteiger partial charge on any atom is 0.334 e. The third-order valence-electron chi connectivity index (χ3n) is 3.73. The summed E-state index contributed by atoms with van der Waals surface area (Å²) in [6.07, 6.45) is 13.4. The fourth-order valence-electron chi connectivity index (χ4n) is 2.41. The molecule has 1 aliphatic heterocycles. The zero-order valence-electron chi connectivity index (χ0n) is 12.5. The Bertz CT molecular complexity index is 228. The zero-order valence-corrected chi connectivity index (χ0v) is 12.5.